The summed E-state index contributed by atoms with van der Waals surface area (Å²) in [7, 11) is -3.46. The van der Waals surface area contributed by atoms with Gasteiger partial charge in [-0.05, 0) is 6.92 Å². The second-order valence-electron chi connectivity index (χ2n) is 2.53. The van der Waals surface area contributed by atoms with Crippen LogP contribution in [0.2, 0.25) is 0 Å². The minimum Gasteiger partial charge on any atom is -0.481 e. The van der Waals surface area contributed by atoms with Crippen molar-refractivity contribution < 1.29 is 18.3 Å². The van der Waals surface area contributed by atoms with Gasteiger partial charge >= 0.3 is 5.97 Å². The van der Waals surface area contributed by atoms with Crippen molar-refractivity contribution in [1.29, 1.82) is 0 Å². The van der Waals surface area contributed by atoms with E-state index in [0.717, 1.165) is 0 Å². The van der Waals surface area contributed by atoms with Gasteiger partial charge in [-0.3, -0.25) is 4.79 Å². The molecule has 0 aliphatic rings. The van der Waals surface area contributed by atoms with Crippen molar-refractivity contribution in [2.45, 2.75) is 19.8 Å². The molecule has 0 fully saturated rings. The first-order valence-electron chi connectivity index (χ1n) is 4.06. The van der Waals surface area contributed by atoms with Gasteiger partial charge in [-0.1, -0.05) is 0 Å². The van der Waals surface area contributed by atoms with Crippen molar-refractivity contribution in [2.24, 2.45) is 0 Å². The largest absolute Gasteiger partial charge is 0.481 e. The zero-order chi connectivity index (χ0) is 11.0. The van der Waals surface area contributed by atoms with Gasteiger partial charge in [-0.25, -0.2) is 13.1 Å². The lowest BCUT2D eigenvalue weighted by Crippen LogP contribution is -2.28. The summed E-state index contributed by atoms with van der Waals surface area (Å²) >= 11 is 0. The van der Waals surface area contributed by atoms with Crippen molar-refractivity contribution in [2.75, 3.05) is 12.3 Å². The summed E-state index contributed by atoms with van der Waals surface area (Å²) in [5, 5.41) is 8.27. The van der Waals surface area contributed by atoms with Crippen LogP contribution in [0.1, 0.15) is 19.8 Å². The molecule has 0 saturated heterocycles. The van der Waals surface area contributed by atoms with Gasteiger partial charge in [0.1, 0.15) is 0 Å². The van der Waals surface area contributed by atoms with E-state index < -0.39 is 16.0 Å². The lowest BCUT2D eigenvalue weighted by atomic mass is 10.4. The van der Waals surface area contributed by atoms with Crippen molar-refractivity contribution in [3.8, 4) is 11.8 Å². The summed E-state index contributed by atoms with van der Waals surface area (Å²) in [6, 6.07) is 0. The quantitative estimate of drug-likeness (QED) is 0.478. The third-order valence-electron chi connectivity index (χ3n) is 1.33. The maximum atomic E-state index is 11.1. The molecule has 0 saturated carbocycles. The molecule has 0 aliphatic carbocycles. The fourth-order valence-electron chi connectivity index (χ4n) is 0.688. The summed E-state index contributed by atoms with van der Waals surface area (Å²) in [5.74, 6) is 3.81. The molecule has 0 heterocycles. The molecule has 0 radical (unpaired) electrons. The molecule has 2 N–H and O–H groups in total. The molecule has 0 bridgehead atoms. The summed E-state index contributed by atoms with van der Waals surface area (Å²) in [6.45, 7) is 1.89. The Balaban J connectivity index is 3.82. The number of hydrogen-bond donors (Lipinski definition) is 2. The minimum atomic E-state index is -3.46. The maximum absolute atomic E-state index is 11.1. The van der Waals surface area contributed by atoms with E-state index in [9.17, 15) is 13.2 Å². The third-order valence-corrected chi connectivity index (χ3v) is 2.72. The Kier molecular flexibility index (Phi) is 5.92. The molecule has 0 aliphatic heterocycles. The summed E-state index contributed by atoms with van der Waals surface area (Å²) in [4.78, 5) is 10.1. The number of carboxylic acids is 1. The Morgan fingerprint density at radius 2 is 2.14 bits per heavy atom. The Bertz CT molecular complexity index is 336. The van der Waals surface area contributed by atoms with Crippen molar-refractivity contribution >= 4 is 16.0 Å². The fraction of sp³-hybridized carbons (Fsp3) is 0.625. The first-order valence-corrected chi connectivity index (χ1v) is 5.72. The molecular formula is C8H13NO4S. The van der Waals surface area contributed by atoms with Crippen LogP contribution in [-0.4, -0.2) is 31.8 Å². The molecule has 6 heteroatoms. The van der Waals surface area contributed by atoms with Gasteiger partial charge in [0.25, 0.3) is 0 Å². The van der Waals surface area contributed by atoms with Crippen molar-refractivity contribution in [1.82, 2.24) is 4.72 Å². The van der Waals surface area contributed by atoms with E-state index in [2.05, 4.69) is 16.6 Å². The molecule has 80 valence electrons. The Morgan fingerprint density at radius 3 is 2.64 bits per heavy atom. The maximum Gasteiger partial charge on any atom is 0.304 e. The van der Waals surface area contributed by atoms with Crippen LogP contribution < -0.4 is 4.72 Å². The van der Waals surface area contributed by atoms with Gasteiger partial charge in [-0.15, -0.1) is 11.8 Å². The lowest BCUT2D eigenvalue weighted by Gasteiger charge is -2.02. The Labute approximate surface area is 83.6 Å². The predicted octanol–water partition coefficient (Wildman–Crippen LogP) is -0.206. The van der Waals surface area contributed by atoms with Crippen molar-refractivity contribution in [3.05, 3.63) is 0 Å². The molecule has 0 spiro atoms. The zero-order valence-electron chi connectivity index (χ0n) is 7.91. The molecule has 0 amide bonds. The van der Waals surface area contributed by atoms with E-state index >= 15 is 0 Å². The fourth-order valence-corrected chi connectivity index (χ4v) is 1.69. The number of aliphatic carboxylic acids is 1. The number of sulfonamides is 1. The van der Waals surface area contributed by atoms with E-state index in [1.165, 1.54) is 0 Å². The average molecular weight is 219 g/mol. The highest BCUT2D eigenvalue weighted by Gasteiger charge is 2.11. The molecule has 0 aromatic rings. The van der Waals surface area contributed by atoms with E-state index in [1.807, 2.05) is 0 Å². The molecule has 14 heavy (non-hydrogen) atoms. The smallest absolute Gasteiger partial charge is 0.304 e. The molecular weight excluding hydrogens is 206 g/mol. The van der Waals surface area contributed by atoms with E-state index in [1.54, 1.807) is 6.92 Å². The SMILES string of the molecule is CC#CCCNS(=O)(=O)CCC(=O)O. The predicted molar refractivity (Wildman–Crippen MR) is 52.1 cm³/mol. The topological polar surface area (TPSA) is 83.5 Å². The first-order chi connectivity index (χ1) is 6.48. The van der Waals surface area contributed by atoms with Crippen LogP contribution in [0.15, 0.2) is 0 Å². The van der Waals surface area contributed by atoms with Crippen LogP contribution in [0.3, 0.4) is 0 Å². The Morgan fingerprint density at radius 1 is 1.50 bits per heavy atom. The highest BCUT2D eigenvalue weighted by atomic mass is 32.2. The highest BCUT2D eigenvalue weighted by Crippen LogP contribution is 1.89. The molecule has 5 nitrogen and oxygen atoms in total. The van der Waals surface area contributed by atoms with Gasteiger partial charge in [0.05, 0.1) is 12.2 Å². The second kappa shape index (κ2) is 6.40. The average Bonchev–Trinajstić information content (AvgIpc) is 2.10. The van der Waals surface area contributed by atoms with Crippen LogP contribution in [0, 0.1) is 11.8 Å². The molecule has 0 aromatic heterocycles. The highest BCUT2D eigenvalue weighted by molar-refractivity contribution is 7.89. The summed E-state index contributed by atoms with van der Waals surface area (Å²) in [6.07, 6.45) is 0.0532. The van der Waals surface area contributed by atoms with Gasteiger partial charge in [-0.2, -0.15) is 0 Å². The monoisotopic (exact) mass is 219 g/mol. The molecule has 0 aromatic carbocycles. The van der Waals surface area contributed by atoms with Crippen LogP contribution in [0.4, 0.5) is 0 Å². The first kappa shape index (κ1) is 12.9. The third kappa shape index (κ3) is 7.58. The minimum absolute atomic E-state index is 0.225. The number of carbonyl (C=O) groups is 1. The van der Waals surface area contributed by atoms with E-state index in [-0.39, 0.29) is 18.7 Å². The van der Waals surface area contributed by atoms with Crippen LogP contribution >= 0.6 is 0 Å². The molecule has 0 unspecified atom stereocenters. The zero-order valence-corrected chi connectivity index (χ0v) is 8.73. The Hall–Kier alpha value is -1.06. The standard InChI is InChI=1S/C8H13NO4S/c1-2-3-4-6-9-14(12,13)7-5-8(10)11/h9H,4-7H2,1H3,(H,10,11). The van der Waals surface area contributed by atoms with Gasteiger partial charge in [0, 0.05) is 13.0 Å². The number of nitrogens with one attached hydrogen (secondary N) is 1. The van der Waals surface area contributed by atoms with Crippen LogP contribution in [0.5, 0.6) is 0 Å². The van der Waals surface area contributed by atoms with E-state index in [0.29, 0.717) is 6.42 Å². The number of hydrogen-bond acceptors (Lipinski definition) is 3. The lowest BCUT2D eigenvalue weighted by molar-refractivity contribution is -0.136. The molecule has 0 rings (SSSR count). The second-order valence-corrected chi connectivity index (χ2v) is 4.46. The van der Waals surface area contributed by atoms with E-state index in [4.69, 9.17) is 5.11 Å². The van der Waals surface area contributed by atoms with Crippen molar-refractivity contribution in [3.63, 3.8) is 0 Å². The van der Waals surface area contributed by atoms with Gasteiger partial charge in [0.15, 0.2) is 0 Å². The van der Waals surface area contributed by atoms with Gasteiger partial charge in [0.2, 0.25) is 10.0 Å². The summed E-state index contributed by atoms with van der Waals surface area (Å²) < 4.78 is 24.4. The van der Waals surface area contributed by atoms with Crippen LogP contribution in [-0.2, 0) is 14.8 Å². The van der Waals surface area contributed by atoms with Crippen LogP contribution in [0.25, 0.3) is 0 Å². The normalized spacial score (nSPS) is 10.4. The number of rotatable bonds is 6. The van der Waals surface area contributed by atoms with Gasteiger partial charge < -0.3 is 5.11 Å². The summed E-state index contributed by atoms with van der Waals surface area (Å²) in [5.41, 5.74) is 0. The molecule has 0 atom stereocenters. The number of carboxylic acid groups (broad SMARTS) is 1.